The molecule has 3 heteroatoms. The van der Waals surface area contributed by atoms with Crippen LogP contribution in [-0.4, -0.2) is 19.6 Å². The summed E-state index contributed by atoms with van der Waals surface area (Å²) in [7, 11) is 2.18. The highest BCUT2D eigenvalue weighted by Gasteiger charge is 2.21. The Labute approximate surface area is 115 Å². The van der Waals surface area contributed by atoms with Crippen molar-refractivity contribution >= 4 is 17.3 Å². The third kappa shape index (κ3) is 2.99. The van der Waals surface area contributed by atoms with Gasteiger partial charge in [-0.25, -0.2) is 0 Å². The molecule has 1 saturated carbocycles. The van der Waals surface area contributed by atoms with Crippen molar-refractivity contribution in [1.82, 2.24) is 0 Å². The number of anilines is 1. The Kier molecular flexibility index (Phi) is 4.90. The van der Waals surface area contributed by atoms with Crippen LogP contribution in [0.1, 0.15) is 37.7 Å². The Morgan fingerprint density at radius 1 is 1.28 bits per heavy atom. The second-order valence-electron chi connectivity index (χ2n) is 5.19. The van der Waals surface area contributed by atoms with Gasteiger partial charge >= 0.3 is 0 Å². The Morgan fingerprint density at radius 2 is 2.00 bits per heavy atom. The molecule has 0 atom stereocenters. The van der Waals surface area contributed by atoms with Gasteiger partial charge in [-0.1, -0.05) is 43.0 Å². The third-order valence-electron chi connectivity index (χ3n) is 3.96. The second-order valence-corrected chi connectivity index (χ2v) is 5.60. The molecule has 0 aromatic heterocycles. The molecule has 0 radical (unpaired) electrons. The smallest absolute Gasteiger partial charge is 0.0642 e. The van der Waals surface area contributed by atoms with Gasteiger partial charge < -0.3 is 10.6 Å². The topological polar surface area (TPSA) is 29.3 Å². The first-order chi connectivity index (χ1) is 8.74. The molecule has 2 rings (SSSR count). The molecule has 1 aromatic rings. The van der Waals surface area contributed by atoms with Crippen LogP contribution < -0.4 is 10.6 Å². The fourth-order valence-corrected chi connectivity index (χ4v) is 3.29. The van der Waals surface area contributed by atoms with Crippen LogP contribution in [0.25, 0.3) is 0 Å². The largest absolute Gasteiger partial charge is 0.370 e. The molecule has 0 unspecified atom stereocenters. The number of nitrogens with zero attached hydrogens (tertiary/aromatic N) is 1. The molecule has 0 bridgehead atoms. The number of hydrogen-bond acceptors (Lipinski definition) is 2. The third-order valence-corrected chi connectivity index (χ3v) is 4.26. The summed E-state index contributed by atoms with van der Waals surface area (Å²) in [4.78, 5) is 2.38. The molecule has 0 spiro atoms. The van der Waals surface area contributed by atoms with E-state index in [1.165, 1.54) is 43.4 Å². The summed E-state index contributed by atoms with van der Waals surface area (Å²) in [5.74, 6) is 0. The van der Waals surface area contributed by atoms with Gasteiger partial charge in [-0.05, 0) is 37.4 Å². The molecule has 1 aromatic carbocycles. The second kappa shape index (κ2) is 6.44. The van der Waals surface area contributed by atoms with Crippen molar-refractivity contribution in [2.24, 2.45) is 5.73 Å². The van der Waals surface area contributed by atoms with Crippen LogP contribution in [0, 0.1) is 0 Å². The highest BCUT2D eigenvalue weighted by molar-refractivity contribution is 6.33. The highest BCUT2D eigenvalue weighted by Crippen LogP contribution is 2.34. The molecular formula is C15H23ClN2. The van der Waals surface area contributed by atoms with Crippen molar-refractivity contribution in [3.05, 3.63) is 28.8 Å². The fraction of sp³-hybridized carbons (Fsp3) is 0.600. The minimum atomic E-state index is 0.634. The molecule has 0 heterocycles. The van der Waals surface area contributed by atoms with Gasteiger partial charge in [0.25, 0.3) is 0 Å². The first-order valence-electron chi connectivity index (χ1n) is 6.94. The van der Waals surface area contributed by atoms with Crippen LogP contribution >= 0.6 is 11.6 Å². The number of para-hydroxylation sites is 1. The Balaban J connectivity index is 2.24. The van der Waals surface area contributed by atoms with E-state index in [0.717, 1.165) is 11.4 Å². The van der Waals surface area contributed by atoms with E-state index in [1.807, 2.05) is 12.1 Å². The molecule has 1 fully saturated rings. The maximum atomic E-state index is 6.40. The van der Waals surface area contributed by atoms with E-state index in [1.54, 1.807) is 0 Å². The van der Waals surface area contributed by atoms with E-state index < -0.39 is 0 Å². The summed E-state index contributed by atoms with van der Waals surface area (Å²) < 4.78 is 0. The molecule has 0 amide bonds. The quantitative estimate of drug-likeness (QED) is 0.902. The molecule has 2 nitrogen and oxygen atoms in total. The zero-order chi connectivity index (χ0) is 13.0. The number of hydrogen-bond donors (Lipinski definition) is 1. The van der Waals surface area contributed by atoms with Crippen molar-refractivity contribution in [3.8, 4) is 0 Å². The Bertz CT molecular complexity index is 386. The summed E-state index contributed by atoms with van der Waals surface area (Å²) in [5.41, 5.74) is 8.16. The van der Waals surface area contributed by atoms with Crippen LogP contribution in [0.15, 0.2) is 18.2 Å². The molecule has 1 aliphatic carbocycles. The van der Waals surface area contributed by atoms with Crippen molar-refractivity contribution in [1.29, 1.82) is 0 Å². The number of rotatable bonds is 4. The van der Waals surface area contributed by atoms with E-state index in [-0.39, 0.29) is 0 Å². The van der Waals surface area contributed by atoms with Gasteiger partial charge in [-0.3, -0.25) is 0 Å². The van der Waals surface area contributed by atoms with E-state index in [9.17, 15) is 0 Å². The molecule has 1 aliphatic rings. The molecule has 0 aliphatic heterocycles. The lowest BCUT2D eigenvalue weighted by molar-refractivity contribution is 0.427. The molecule has 0 saturated heterocycles. The van der Waals surface area contributed by atoms with Crippen molar-refractivity contribution < 1.29 is 0 Å². The zero-order valence-electron chi connectivity index (χ0n) is 11.2. The van der Waals surface area contributed by atoms with E-state index in [4.69, 9.17) is 17.3 Å². The first-order valence-corrected chi connectivity index (χ1v) is 7.32. The molecule has 18 heavy (non-hydrogen) atoms. The number of benzene rings is 1. The molecule has 2 N–H and O–H groups in total. The number of nitrogens with two attached hydrogens (primary N) is 1. The Morgan fingerprint density at radius 3 is 2.67 bits per heavy atom. The van der Waals surface area contributed by atoms with Crippen LogP contribution in [-0.2, 0) is 6.42 Å². The fourth-order valence-electron chi connectivity index (χ4n) is 2.96. The van der Waals surface area contributed by atoms with Gasteiger partial charge in [-0.2, -0.15) is 0 Å². The van der Waals surface area contributed by atoms with Gasteiger partial charge in [0.2, 0.25) is 0 Å². The summed E-state index contributed by atoms with van der Waals surface area (Å²) in [5, 5.41) is 0.856. The van der Waals surface area contributed by atoms with Gasteiger partial charge in [0.05, 0.1) is 10.7 Å². The predicted molar refractivity (Wildman–Crippen MR) is 79.5 cm³/mol. The predicted octanol–water partition coefficient (Wildman–Crippen LogP) is 3.61. The van der Waals surface area contributed by atoms with Gasteiger partial charge in [0, 0.05) is 13.1 Å². The van der Waals surface area contributed by atoms with E-state index in [0.29, 0.717) is 12.6 Å². The molecular weight excluding hydrogens is 244 g/mol. The molecule has 100 valence electrons. The summed E-state index contributed by atoms with van der Waals surface area (Å²) in [6, 6.07) is 6.78. The lowest BCUT2D eigenvalue weighted by Gasteiger charge is -2.34. The van der Waals surface area contributed by atoms with Crippen LogP contribution in [0.2, 0.25) is 5.02 Å². The monoisotopic (exact) mass is 266 g/mol. The maximum absolute atomic E-state index is 6.40. The van der Waals surface area contributed by atoms with Crippen molar-refractivity contribution in [3.63, 3.8) is 0 Å². The summed E-state index contributed by atoms with van der Waals surface area (Å²) in [6.45, 7) is 0.672. The van der Waals surface area contributed by atoms with Gasteiger partial charge in [0.15, 0.2) is 0 Å². The standard InChI is InChI=1S/C15H23ClN2/c1-18(13-7-3-2-4-8-13)15-12(10-11-17)6-5-9-14(15)16/h5-6,9,13H,2-4,7-8,10-11,17H2,1H3. The van der Waals surface area contributed by atoms with Gasteiger partial charge in [-0.15, -0.1) is 0 Å². The average molecular weight is 267 g/mol. The van der Waals surface area contributed by atoms with Crippen molar-refractivity contribution in [2.75, 3.05) is 18.5 Å². The summed E-state index contributed by atoms with van der Waals surface area (Å²) in [6.07, 6.45) is 7.51. The van der Waals surface area contributed by atoms with Crippen LogP contribution in [0.3, 0.4) is 0 Å². The minimum Gasteiger partial charge on any atom is -0.370 e. The van der Waals surface area contributed by atoms with E-state index >= 15 is 0 Å². The van der Waals surface area contributed by atoms with Crippen molar-refractivity contribution in [2.45, 2.75) is 44.6 Å². The first kappa shape index (κ1) is 13.7. The lowest BCUT2D eigenvalue weighted by Crippen LogP contribution is -2.34. The highest BCUT2D eigenvalue weighted by atomic mass is 35.5. The normalized spacial score (nSPS) is 16.8. The SMILES string of the molecule is CN(c1c(Cl)cccc1CCN)C1CCCCC1. The number of halogens is 1. The Hall–Kier alpha value is -0.730. The van der Waals surface area contributed by atoms with E-state index in [2.05, 4.69) is 18.0 Å². The maximum Gasteiger partial charge on any atom is 0.0642 e. The lowest BCUT2D eigenvalue weighted by atomic mass is 9.93. The van der Waals surface area contributed by atoms with Gasteiger partial charge in [0.1, 0.15) is 0 Å². The summed E-state index contributed by atoms with van der Waals surface area (Å²) >= 11 is 6.40. The zero-order valence-corrected chi connectivity index (χ0v) is 11.9. The average Bonchev–Trinajstić information content (AvgIpc) is 2.40. The minimum absolute atomic E-state index is 0.634. The van der Waals surface area contributed by atoms with Crippen LogP contribution in [0.5, 0.6) is 0 Å². The van der Waals surface area contributed by atoms with Crippen LogP contribution in [0.4, 0.5) is 5.69 Å².